The number of aromatic nitrogens is 1. The van der Waals surface area contributed by atoms with E-state index in [1.54, 1.807) is 0 Å². The van der Waals surface area contributed by atoms with E-state index in [-0.39, 0.29) is 5.56 Å². The summed E-state index contributed by atoms with van der Waals surface area (Å²) in [6, 6.07) is 1.60. The molecule has 1 fully saturated rings. The van der Waals surface area contributed by atoms with Crippen LogP contribution in [0, 0.1) is 5.95 Å². The van der Waals surface area contributed by atoms with Crippen LogP contribution in [0.15, 0.2) is 18.3 Å². The lowest BCUT2D eigenvalue weighted by atomic mass is 10.1. The Bertz CT molecular complexity index is 493. The molecule has 1 aliphatic rings. The van der Waals surface area contributed by atoms with Gasteiger partial charge in [0.25, 0.3) is 5.91 Å². The van der Waals surface area contributed by atoms with E-state index in [2.05, 4.69) is 4.98 Å². The van der Waals surface area contributed by atoms with Crippen molar-refractivity contribution < 1.29 is 19.1 Å². The molecule has 5 nitrogen and oxygen atoms in total. The Morgan fingerprint density at radius 1 is 1.37 bits per heavy atom. The number of pyridine rings is 1. The number of likely N-dealkylation sites (tertiary alicyclic amines) is 1. The van der Waals surface area contributed by atoms with Gasteiger partial charge in [0.2, 0.25) is 5.95 Å². The molecule has 0 bridgehead atoms. The maximum Gasteiger partial charge on any atom is 0.326 e. The smallest absolute Gasteiger partial charge is 0.326 e. The Balaban J connectivity index is 2.26. The Morgan fingerprint density at radius 3 is 2.84 bits per heavy atom. The van der Waals surface area contributed by atoms with Gasteiger partial charge in [-0.1, -0.05) is 12.8 Å². The van der Waals surface area contributed by atoms with E-state index in [1.807, 2.05) is 0 Å². The van der Waals surface area contributed by atoms with Crippen LogP contribution < -0.4 is 0 Å². The van der Waals surface area contributed by atoms with Gasteiger partial charge in [0.05, 0.1) is 0 Å². The summed E-state index contributed by atoms with van der Waals surface area (Å²) in [7, 11) is 0. The van der Waals surface area contributed by atoms with Gasteiger partial charge in [-0.15, -0.1) is 0 Å². The molecule has 1 amide bonds. The summed E-state index contributed by atoms with van der Waals surface area (Å²) in [5.74, 6) is -2.20. The first-order chi connectivity index (χ1) is 9.09. The van der Waals surface area contributed by atoms with Gasteiger partial charge in [0.1, 0.15) is 6.04 Å². The van der Waals surface area contributed by atoms with E-state index in [1.165, 1.54) is 17.2 Å². The normalized spacial score (nSPS) is 19.8. The van der Waals surface area contributed by atoms with Crippen LogP contribution in [0.1, 0.15) is 36.0 Å². The molecule has 2 rings (SSSR count). The van der Waals surface area contributed by atoms with Crippen LogP contribution in [0.4, 0.5) is 4.39 Å². The van der Waals surface area contributed by atoms with E-state index in [0.29, 0.717) is 13.0 Å². The zero-order valence-electron chi connectivity index (χ0n) is 10.4. The van der Waals surface area contributed by atoms with Crippen LogP contribution in [-0.2, 0) is 4.79 Å². The first kappa shape index (κ1) is 13.5. The second-order valence-corrected chi connectivity index (χ2v) is 4.57. The van der Waals surface area contributed by atoms with Crippen molar-refractivity contribution >= 4 is 11.9 Å². The number of hydrogen-bond acceptors (Lipinski definition) is 3. The van der Waals surface area contributed by atoms with Gasteiger partial charge in [-0.3, -0.25) is 4.79 Å². The fourth-order valence-electron chi connectivity index (χ4n) is 2.31. The van der Waals surface area contributed by atoms with Crippen molar-refractivity contribution in [2.75, 3.05) is 6.54 Å². The molecule has 1 saturated heterocycles. The number of halogens is 1. The molecule has 0 radical (unpaired) electrons. The molecule has 19 heavy (non-hydrogen) atoms. The number of hydrogen-bond donors (Lipinski definition) is 1. The summed E-state index contributed by atoms with van der Waals surface area (Å²) in [6.45, 7) is 0.389. The molecule has 1 N–H and O–H groups in total. The Kier molecular flexibility index (Phi) is 4.09. The number of aliphatic carboxylic acids is 1. The van der Waals surface area contributed by atoms with Gasteiger partial charge in [0.15, 0.2) is 0 Å². The molecule has 0 aromatic carbocycles. The third kappa shape index (κ3) is 3.07. The van der Waals surface area contributed by atoms with Gasteiger partial charge < -0.3 is 10.0 Å². The van der Waals surface area contributed by atoms with E-state index in [0.717, 1.165) is 25.3 Å². The number of amides is 1. The van der Waals surface area contributed by atoms with Gasteiger partial charge in [-0.2, -0.15) is 4.39 Å². The number of carbonyl (C=O) groups excluding carboxylic acids is 1. The summed E-state index contributed by atoms with van der Waals surface area (Å²) in [6.07, 6.45) is 4.09. The second-order valence-electron chi connectivity index (χ2n) is 4.57. The largest absolute Gasteiger partial charge is 0.480 e. The fraction of sp³-hybridized carbons (Fsp3) is 0.462. The van der Waals surface area contributed by atoms with Crippen LogP contribution in [-0.4, -0.2) is 39.5 Å². The van der Waals surface area contributed by atoms with Crippen molar-refractivity contribution in [3.05, 3.63) is 29.8 Å². The Labute approximate surface area is 110 Å². The number of rotatable bonds is 2. The molecule has 1 atom stereocenters. The van der Waals surface area contributed by atoms with Crippen LogP contribution >= 0.6 is 0 Å². The van der Waals surface area contributed by atoms with Crippen LogP contribution in [0.2, 0.25) is 0 Å². The van der Waals surface area contributed by atoms with Crippen LogP contribution in [0.5, 0.6) is 0 Å². The van der Waals surface area contributed by atoms with Crippen molar-refractivity contribution in [1.29, 1.82) is 0 Å². The summed E-state index contributed by atoms with van der Waals surface area (Å²) in [4.78, 5) is 28.2. The Hall–Kier alpha value is -1.98. The molecular weight excluding hydrogens is 251 g/mol. The minimum absolute atomic E-state index is 0.139. The molecule has 1 aliphatic heterocycles. The number of carbonyl (C=O) groups is 2. The highest BCUT2D eigenvalue weighted by Gasteiger charge is 2.31. The minimum atomic E-state index is -1.01. The molecule has 102 valence electrons. The van der Waals surface area contributed by atoms with Gasteiger partial charge in [0, 0.05) is 24.4 Å². The summed E-state index contributed by atoms with van der Waals surface area (Å²) < 4.78 is 13.0. The third-order valence-corrected chi connectivity index (χ3v) is 3.27. The molecule has 0 saturated carbocycles. The maximum atomic E-state index is 13.0. The lowest BCUT2D eigenvalue weighted by Gasteiger charge is -2.26. The number of nitrogens with zero attached hydrogens (tertiary/aromatic N) is 2. The molecule has 1 aromatic heterocycles. The van der Waals surface area contributed by atoms with E-state index < -0.39 is 23.9 Å². The molecule has 1 aromatic rings. The number of carboxylic acid groups (broad SMARTS) is 1. The maximum absolute atomic E-state index is 13.0. The zero-order valence-corrected chi connectivity index (χ0v) is 10.4. The van der Waals surface area contributed by atoms with Crippen molar-refractivity contribution in [1.82, 2.24) is 9.88 Å². The van der Waals surface area contributed by atoms with E-state index in [9.17, 15) is 19.1 Å². The molecule has 6 heteroatoms. The van der Waals surface area contributed by atoms with Crippen LogP contribution in [0.3, 0.4) is 0 Å². The fourth-order valence-corrected chi connectivity index (χ4v) is 2.31. The third-order valence-electron chi connectivity index (χ3n) is 3.27. The van der Waals surface area contributed by atoms with Gasteiger partial charge in [-0.05, 0) is 18.9 Å². The second kappa shape index (κ2) is 5.77. The SMILES string of the molecule is O=C(O)C1CCCCCN1C(=O)c1ccnc(F)c1. The minimum Gasteiger partial charge on any atom is -0.480 e. The lowest BCUT2D eigenvalue weighted by molar-refractivity contribution is -0.142. The van der Waals surface area contributed by atoms with E-state index in [4.69, 9.17) is 0 Å². The highest BCUT2D eigenvalue weighted by Crippen LogP contribution is 2.19. The predicted molar refractivity (Wildman–Crippen MR) is 65.1 cm³/mol. The quantitative estimate of drug-likeness (QED) is 0.827. The summed E-state index contributed by atoms with van der Waals surface area (Å²) in [5.41, 5.74) is 0.139. The average Bonchev–Trinajstić information content (AvgIpc) is 2.63. The monoisotopic (exact) mass is 266 g/mol. The molecule has 2 heterocycles. The van der Waals surface area contributed by atoms with Crippen LogP contribution in [0.25, 0.3) is 0 Å². The predicted octanol–water partition coefficient (Wildman–Crippen LogP) is 1.69. The average molecular weight is 266 g/mol. The topological polar surface area (TPSA) is 70.5 Å². The molecule has 0 aliphatic carbocycles. The van der Waals surface area contributed by atoms with Crippen molar-refractivity contribution in [2.24, 2.45) is 0 Å². The lowest BCUT2D eigenvalue weighted by Crippen LogP contribution is -2.44. The summed E-state index contributed by atoms with van der Waals surface area (Å²) >= 11 is 0. The van der Waals surface area contributed by atoms with Crippen molar-refractivity contribution in [3.63, 3.8) is 0 Å². The standard InChI is InChI=1S/C13H15FN2O3/c14-11-8-9(5-6-15-11)12(17)16-7-3-1-2-4-10(16)13(18)19/h5-6,8,10H,1-4,7H2,(H,18,19). The molecule has 0 spiro atoms. The highest BCUT2D eigenvalue weighted by atomic mass is 19.1. The van der Waals surface area contributed by atoms with Gasteiger partial charge in [-0.25, -0.2) is 9.78 Å². The first-order valence-corrected chi connectivity index (χ1v) is 6.25. The summed E-state index contributed by atoms with van der Waals surface area (Å²) in [5, 5.41) is 9.20. The van der Waals surface area contributed by atoms with Gasteiger partial charge >= 0.3 is 5.97 Å². The highest BCUT2D eigenvalue weighted by molar-refractivity contribution is 5.96. The Morgan fingerprint density at radius 2 is 2.16 bits per heavy atom. The van der Waals surface area contributed by atoms with Crippen molar-refractivity contribution in [3.8, 4) is 0 Å². The molecule has 1 unspecified atom stereocenters. The number of carboxylic acids is 1. The van der Waals surface area contributed by atoms with E-state index >= 15 is 0 Å². The first-order valence-electron chi connectivity index (χ1n) is 6.25. The molecular formula is C13H15FN2O3. The van der Waals surface area contributed by atoms with Crippen molar-refractivity contribution in [2.45, 2.75) is 31.7 Å². The zero-order chi connectivity index (χ0) is 13.8.